The number of hydrogen-bond donors (Lipinski definition) is 1. The molecule has 3 rings (SSSR count). The van der Waals surface area contributed by atoms with Gasteiger partial charge in [0.25, 0.3) is 0 Å². The van der Waals surface area contributed by atoms with Crippen molar-refractivity contribution in [2.45, 2.75) is 70.0 Å². The van der Waals surface area contributed by atoms with Gasteiger partial charge in [-0.05, 0) is 57.3 Å². The van der Waals surface area contributed by atoms with E-state index in [2.05, 4.69) is 17.1 Å². The number of nitrogens with one attached hydrogen (secondary N) is 1. The summed E-state index contributed by atoms with van der Waals surface area (Å²) >= 11 is 0. The largest absolute Gasteiger partial charge is 0.383 e. The Morgan fingerprint density at radius 2 is 1.90 bits per heavy atom. The van der Waals surface area contributed by atoms with Gasteiger partial charge in [-0.3, -0.25) is 4.79 Å². The highest BCUT2D eigenvalue weighted by Gasteiger charge is 2.37. The summed E-state index contributed by atoms with van der Waals surface area (Å²) in [4.78, 5) is 14.9. The van der Waals surface area contributed by atoms with Crippen LogP contribution < -0.4 is 5.32 Å². The lowest BCUT2D eigenvalue weighted by molar-refractivity contribution is -0.135. The highest BCUT2D eigenvalue weighted by atomic mass is 16.5. The van der Waals surface area contributed by atoms with Crippen LogP contribution in [-0.2, 0) is 9.53 Å². The summed E-state index contributed by atoms with van der Waals surface area (Å²) in [5, 5.41) is 3.66. The van der Waals surface area contributed by atoms with Crippen molar-refractivity contribution < 1.29 is 9.53 Å². The maximum Gasteiger partial charge on any atom is 0.223 e. The van der Waals surface area contributed by atoms with Gasteiger partial charge in [0.05, 0.1) is 6.61 Å². The molecule has 3 unspecified atom stereocenters. The fourth-order valence-corrected chi connectivity index (χ4v) is 4.28. The van der Waals surface area contributed by atoms with Gasteiger partial charge in [-0.15, -0.1) is 0 Å². The standard InChI is InChI=1S/C17H30N2O2/c1-12(14-3-4-14)19(7-8-21-2)17(20)11-13-9-15-5-6-16(10-13)18-15/h12-16,18H,3-11H2,1-2H3. The fraction of sp³-hybridized carbons (Fsp3) is 0.941. The maximum atomic E-state index is 12.8. The van der Waals surface area contributed by atoms with E-state index in [1.165, 1.54) is 38.5 Å². The van der Waals surface area contributed by atoms with Crippen LogP contribution in [-0.4, -0.2) is 49.2 Å². The highest BCUT2D eigenvalue weighted by Crippen LogP contribution is 2.37. The molecule has 1 N–H and O–H groups in total. The number of carbonyl (C=O) groups excluding carboxylic acids is 1. The van der Waals surface area contributed by atoms with Gasteiger partial charge in [0, 0.05) is 38.2 Å². The quantitative estimate of drug-likeness (QED) is 0.782. The number of piperidine rings is 1. The summed E-state index contributed by atoms with van der Waals surface area (Å²) in [5.41, 5.74) is 0. The van der Waals surface area contributed by atoms with Crippen LogP contribution in [0.25, 0.3) is 0 Å². The molecule has 0 spiro atoms. The molecular weight excluding hydrogens is 264 g/mol. The van der Waals surface area contributed by atoms with Crippen LogP contribution in [0.3, 0.4) is 0 Å². The summed E-state index contributed by atoms with van der Waals surface area (Å²) in [6, 6.07) is 1.75. The Morgan fingerprint density at radius 1 is 1.24 bits per heavy atom. The number of amides is 1. The zero-order valence-electron chi connectivity index (χ0n) is 13.5. The van der Waals surface area contributed by atoms with Gasteiger partial charge in [0.2, 0.25) is 5.91 Å². The Hall–Kier alpha value is -0.610. The van der Waals surface area contributed by atoms with E-state index in [0.29, 0.717) is 36.6 Å². The zero-order valence-corrected chi connectivity index (χ0v) is 13.5. The second-order valence-electron chi connectivity index (χ2n) is 7.34. The Kier molecular flexibility index (Phi) is 4.85. The van der Waals surface area contributed by atoms with Crippen LogP contribution in [0, 0.1) is 11.8 Å². The molecule has 1 amide bonds. The lowest BCUT2D eigenvalue weighted by atomic mass is 9.89. The van der Waals surface area contributed by atoms with Crippen LogP contribution in [0.2, 0.25) is 0 Å². The van der Waals surface area contributed by atoms with E-state index in [0.717, 1.165) is 18.9 Å². The third-order valence-electron chi connectivity index (χ3n) is 5.69. The van der Waals surface area contributed by atoms with E-state index < -0.39 is 0 Å². The minimum atomic E-state index is 0.359. The molecule has 2 bridgehead atoms. The Bertz CT molecular complexity index is 358. The average molecular weight is 294 g/mol. The minimum absolute atomic E-state index is 0.359. The normalized spacial score (nSPS) is 33.0. The van der Waals surface area contributed by atoms with Gasteiger partial charge in [-0.25, -0.2) is 0 Å². The molecule has 1 saturated carbocycles. The van der Waals surface area contributed by atoms with E-state index in [9.17, 15) is 4.79 Å². The van der Waals surface area contributed by atoms with E-state index in [-0.39, 0.29) is 0 Å². The van der Waals surface area contributed by atoms with E-state index in [4.69, 9.17) is 4.74 Å². The van der Waals surface area contributed by atoms with Gasteiger partial charge in [-0.2, -0.15) is 0 Å². The second-order valence-corrected chi connectivity index (χ2v) is 7.34. The Balaban J connectivity index is 1.55. The van der Waals surface area contributed by atoms with Gasteiger partial charge < -0.3 is 15.0 Å². The first-order valence-electron chi connectivity index (χ1n) is 8.71. The molecule has 4 nitrogen and oxygen atoms in total. The molecule has 0 aromatic carbocycles. The molecule has 3 fully saturated rings. The van der Waals surface area contributed by atoms with E-state index in [1.54, 1.807) is 7.11 Å². The summed E-state index contributed by atoms with van der Waals surface area (Å²) in [7, 11) is 1.72. The number of carbonyl (C=O) groups is 1. The molecule has 1 aliphatic carbocycles. The van der Waals surface area contributed by atoms with E-state index >= 15 is 0 Å². The van der Waals surface area contributed by atoms with E-state index in [1.807, 2.05) is 0 Å². The fourth-order valence-electron chi connectivity index (χ4n) is 4.28. The van der Waals surface area contributed by atoms with Crippen molar-refractivity contribution in [3.05, 3.63) is 0 Å². The third kappa shape index (κ3) is 3.78. The van der Waals surface area contributed by atoms with Crippen molar-refractivity contribution in [3.63, 3.8) is 0 Å². The topological polar surface area (TPSA) is 41.6 Å². The van der Waals surface area contributed by atoms with Crippen molar-refractivity contribution in [2.75, 3.05) is 20.3 Å². The molecule has 0 aromatic heterocycles. The summed E-state index contributed by atoms with van der Waals surface area (Å²) < 4.78 is 5.20. The molecular formula is C17H30N2O2. The summed E-state index contributed by atoms with van der Waals surface area (Å²) in [6.07, 6.45) is 8.32. The molecule has 120 valence electrons. The monoisotopic (exact) mass is 294 g/mol. The number of ether oxygens (including phenoxy) is 1. The molecule has 3 atom stereocenters. The molecule has 2 aliphatic heterocycles. The maximum absolute atomic E-state index is 12.8. The zero-order chi connectivity index (χ0) is 14.8. The SMILES string of the molecule is COCCN(C(=O)CC1CC2CCC(C1)N2)C(C)C1CC1. The van der Waals surface area contributed by atoms with Crippen molar-refractivity contribution in [1.82, 2.24) is 10.2 Å². The van der Waals surface area contributed by atoms with Crippen molar-refractivity contribution >= 4 is 5.91 Å². The first-order chi connectivity index (χ1) is 10.2. The third-order valence-corrected chi connectivity index (χ3v) is 5.69. The molecule has 2 saturated heterocycles. The van der Waals surface area contributed by atoms with Crippen LogP contribution in [0.15, 0.2) is 0 Å². The molecule has 0 aromatic rings. The van der Waals surface area contributed by atoms with Crippen LogP contribution in [0.4, 0.5) is 0 Å². The van der Waals surface area contributed by atoms with Gasteiger partial charge >= 0.3 is 0 Å². The molecule has 2 heterocycles. The highest BCUT2D eigenvalue weighted by molar-refractivity contribution is 5.77. The van der Waals surface area contributed by atoms with Crippen LogP contribution in [0.5, 0.6) is 0 Å². The van der Waals surface area contributed by atoms with Gasteiger partial charge in [0.15, 0.2) is 0 Å². The molecule has 4 heteroatoms. The number of fused-ring (bicyclic) bond motifs is 2. The van der Waals surface area contributed by atoms with Gasteiger partial charge in [-0.1, -0.05) is 0 Å². The summed E-state index contributed by atoms with van der Waals surface area (Å²) in [5.74, 6) is 1.68. The predicted octanol–water partition coefficient (Wildman–Crippen LogP) is 2.18. The Morgan fingerprint density at radius 3 is 2.48 bits per heavy atom. The lowest BCUT2D eigenvalue weighted by Crippen LogP contribution is -2.44. The van der Waals surface area contributed by atoms with Crippen molar-refractivity contribution in [2.24, 2.45) is 11.8 Å². The number of rotatable bonds is 7. The number of nitrogens with zero attached hydrogens (tertiary/aromatic N) is 1. The lowest BCUT2D eigenvalue weighted by Gasteiger charge is -2.33. The van der Waals surface area contributed by atoms with Crippen molar-refractivity contribution in [3.8, 4) is 0 Å². The Labute approximate surface area is 128 Å². The van der Waals surface area contributed by atoms with Crippen LogP contribution >= 0.6 is 0 Å². The molecule has 21 heavy (non-hydrogen) atoms. The second kappa shape index (κ2) is 6.66. The molecule has 0 radical (unpaired) electrons. The minimum Gasteiger partial charge on any atom is -0.383 e. The van der Waals surface area contributed by atoms with Crippen LogP contribution in [0.1, 0.15) is 51.9 Å². The number of hydrogen-bond acceptors (Lipinski definition) is 3. The summed E-state index contributed by atoms with van der Waals surface area (Å²) in [6.45, 7) is 3.63. The predicted molar refractivity (Wildman–Crippen MR) is 83.1 cm³/mol. The van der Waals surface area contributed by atoms with Gasteiger partial charge in [0.1, 0.15) is 0 Å². The van der Waals surface area contributed by atoms with Crippen molar-refractivity contribution in [1.29, 1.82) is 0 Å². The smallest absolute Gasteiger partial charge is 0.223 e. The average Bonchev–Trinajstić information content (AvgIpc) is 3.25. The first kappa shape index (κ1) is 15.3. The molecule has 3 aliphatic rings. The first-order valence-corrected chi connectivity index (χ1v) is 8.71. The number of methoxy groups -OCH3 is 1.